The van der Waals surface area contributed by atoms with Crippen LogP contribution < -0.4 is 10.6 Å². The Hall–Kier alpha value is -2.24. The van der Waals surface area contributed by atoms with Crippen molar-refractivity contribution in [2.75, 3.05) is 5.32 Å². The molecule has 0 bridgehead atoms. The SMILES string of the molecule is CCCCCCC(=O)NC(CC)CCC(CCCCC)(CCCCC)C(=O)C(F)C(=O)Nc1ccccc1. The number of alkyl halides is 1. The molecule has 2 atom stereocenters. The average Bonchev–Trinajstić information content (AvgIpc) is 2.92. The van der Waals surface area contributed by atoms with E-state index in [0.717, 1.165) is 70.6 Å². The molecule has 5 nitrogen and oxygen atoms in total. The Morgan fingerprint density at radius 2 is 1.37 bits per heavy atom. The van der Waals surface area contributed by atoms with Gasteiger partial charge < -0.3 is 10.6 Å². The van der Waals surface area contributed by atoms with Gasteiger partial charge in [0.25, 0.3) is 5.91 Å². The lowest BCUT2D eigenvalue weighted by Gasteiger charge is -2.35. The van der Waals surface area contributed by atoms with Crippen LogP contribution >= 0.6 is 0 Å². The predicted octanol–water partition coefficient (Wildman–Crippen LogP) is 8.32. The first-order valence-corrected chi connectivity index (χ1v) is 15.2. The molecule has 0 aliphatic rings. The number of anilines is 1. The number of hydrogen-bond acceptors (Lipinski definition) is 3. The largest absolute Gasteiger partial charge is 0.353 e. The first-order valence-electron chi connectivity index (χ1n) is 15.2. The van der Waals surface area contributed by atoms with E-state index in [0.29, 0.717) is 37.8 Å². The third-order valence-corrected chi connectivity index (χ3v) is 7.63. The molecule has 0 fully saturated rings. The first-order chi connectivity index (χ1) is 18.3. The summed E-state index contributed by atoms with van der Waals surface area (Å²) in [5.74, 6) is -1.45. The molecule has 2 amide bonds. The number of benzene rings is 1. The van der Waals surface area contributed by atoms with Crippen molar-refractivity contribution in [2.45, 2.75) is 143 Å². The van der Waals surface area contributed by atoms with Gasteiger partial charge in [0.05, 0.1) is 0 Å². The zero-order valence-electron chi connectivity index (χ0n) is 24.5. The smallest absolute Gasteiger partial charge is 0.266 e. The third kappa shape index (κ3) is 12.5. The standard InChI is InChI=1S/C32H53FN2O3/c1-5-9-12-16-21-28(36)34-26(8-4)22-25-32(23-17-10-6-2,24-18-11-7-3)30(37)29(33)31(38)35-27-19-14-13-15-20-27/h13-15,19-20,26,29H,5-12,16-18,21-25H2,1-4H3,(H,34,36)(H,35,38). The highest BCUT2D eigenvalue weighted by Crippen LogP contribution is 2.40. The quantitative estimate of drug-likeness (QED) is 0.116. The number of para-hydroxylation sites is 1. The summed E-state index contributed by atoms with van der Waals surface area (Å²) < 4.78 is 15.6. The second kappa shape index (κ2) is 19.8. The molecule has 6 heteroatoms. The number of halogens is 1. The van der Waals surface area contributed by atoms with Gasteiger partial charge in [-0.15, -0.1) is 0 Å². The molecule has 1 aromatic rings. The van der Waals surface area contributed by atoms with Crippen molar-refractivity contribution in [2.24, 2.45) is 5.41 Å². The number of unbranched alkanes of at least 4 members (excludes halogenated alkanes) is 7. The number of nitrogens with one attached hydrogen (secondary N) is 2. The van der Waals surface area contributed by atoms with E-state index >= 15 is 4.39 Å². The van der Waals surface area contributed by atoms with Crippen molar-refractivity contribution in [3.63, 3.8) is 0 Å². The molecule has 216 valence electrons. The number of amides is 2. The maximum atomic E-state index is 15.6. The van der Waals surface area contributed by atoms with E-state index < -0.39 is 23.3 Å². The maximum Gasteiger partial charge on any atom is 0.266 e. The van der Waals surface area contributed by atoms with E-state index in [1.165, 1.54) is 0 Å². The minimum Gasteiger partial charge on any atom is -0.353 e. The molecule has 1 rings (SSSR count). The molecular formula is C32H53FN2O3. The average molecular weight is 533 g/mol. The summed E-state index contributed by atoms with van der Waals surface area (Å²) in [6.07, 6.45) is 11.0. The number of Topliss-reactive ketones (excluding diaryl/α,β-unsaturated/α-hetero) is 1. The summed E-state index contributed by atoms with van der Waals surface area (Å²) in [4.78, 5) is 39.1. The molecular weight excluding hydrogens is 479 g/mol. The number of ketones is 1. The van der Waals surface area contributed by atoms with Gasteiger partial charge in [0.15, 0.2) is 5.78 Å². The van der Waals surface area contributed by atoms with Crippen LogP contribution in [-0.4, -0.2) is 29.8 Å². The molecule has 0 spiro atoms. The van der Waals surface area contributed by atoms with E-state index in [-0.39, 0.29) is 11.9 Å². The highest BCUT2D eigenvalue weighted by atomic mass is 19.1. The number of carbonyl (C=O) groups is 3. The molecule has 1 aromatic carbocycles. The van der Waals surface area contributed by atoms with Crippen molar-refractivity contribution >= 4 is 23.3 Å². The van der Waals surface area contributed by atoms with Crippen LogP contribution in [0.5, 0.6) is 0 Å². The lowest BCUT2D eigenvalue weighted by atomic mass is 9.69. The number of hydrogen-bond donors (Lipinski definition) is 2. The zero-order chi connectivity index (χ0) is 28.2. The molecule has 0 radical (unpaired) electrons. The maximum absolute atomic E-state index is 15.6. The van der Waals surface area contributed by atoms with Crippen LogP contribution in [0.2, 0.25) is 0 Å². The molecule has 2 N–H and O–H groups in total. The van der Waals surface area contributed by atoms with Crippen molar-refractivity contribution in [1.29, 1.82) is 0 Å². The molecule has 38 heavy (non-hydrogen) atoms. The summed E-state index contributed by atoms with van der Waals surface area (Å²) in [5.41, 5.74) is -0.431. The summed E-state index contributed by atoms with van der Waals surface area (Å²) in [5, 5.41) is 5.72. The lowest BCUT2D eigenvalue weighted by molar-refractivity contribution is -0.141. The van der Waals surface area contributed by atoms with Crippen LogP contribution in [0.1, 0.15) is 130 Å². The lowest BCUT2D eigenvalue weighted by Crippen LogP contribution is -2.44. The zero-order valence-corrected chi connectivity index (χ0v) is 24.5. The van der Waals surface area contributed by atoms with Crippen LogP contribution in [0.3, 0.4) is 0 Å². The number of rotatable bonds is 22. The third-order valence-electron chi connectivity index (χ3n) is 7.63. The molecule has 0 saturated carbocycles. The summed E-state index contributed by atoms with van der Waals surface area (Å²) >= 11 is 0. The monoisotopic (exact) mass is 532 g/mol. The minimum atomic E-state index is -2.22. The molecule has 0 aliphatic heterocycles. The molecule has 0 aromatic heterocycles. The normalized spacial score (nSPS) is 13.1. The first kappa shape index (κ1) is 33.8. The van der Waals surface area contributed by atoms with Gasteiger partial charge in [-0.25, -0.2) is 4.39 Å². The Morgan fingerprint density at radius 1 is 0.789 bits per heavy atom. The minimum absolute atomic E-state index is 0.0486. The fourth-order valence-electron chi connectivity index (χ4n) is 5.13. The Morgan fingerprint density at radius 3 is 1.92 bits per heavy atom. The summed E-state index contributed by atoms with van der Waals surface area (Å²) in [7, 11) is 0. The van der Waals surface area contributed by atoms with E-state index in [1.807, 2.05) is 13.0 Å². The van der Waals surface area contributed by atoms with Crippen LogP contribution in [0.15, 0.2) is 30.3 Å². The second-order valence-corrected chi connectivity index (χ2v) is 10.8. The molecule has 0 saturated heterocycles. The summed E-state index contributed by atoms with van der Waals surface area (Å²) in [6.45, 7) is 8.39. The van der Waals surface area contributed by atoms with Gasteiger partial charge in [0.1, 0.15) is 0 Å². The molecule has 2 unspecified atom stereocenters. The van der Waals surface area contributed by atoms with Gasteiger partial charge in [-0.05, 0) is 50.7 Å². The van der Waals surface area contributed by atoms with Crippen molar-refractivity contribution in [3.05, 3.63) is 30.3 Å². The fraction of sp³-hybridized carbons (Fsp3) is 0.719. The van der Waals surface area contributed by atoms with Crippen LogP contribution in [0.25, 0.3) is 0 Å². The van der Waals surface area contributed by atoms with Gasteiger partial charge in [-0.1, -0.05) is 104 Å². The van der Waals surface area contributed by atoms with Crippen LogP contribution in [0.4, 0.5) is 10.1 Å². The van der Waals surface area contributed by atoms with E-state index in [1.54, 1.807) is 24.3 Å². The van der Waals surface area contributed by atoms with Gasteiger partial charge in [-0.3, -0.25) is 14.4 Å². The topological polar surface area (TPSA) is 75.3 Å². The highest BCUT2D eigenvalue weighted by Gasteiger charge is 2.44. The Labute approximate surface area is 231 Å². The predicted molar refractivity (Wildman–Crippen MR) is 156 cm³/mol. The second-order valence-electron chi connectivity index (χ2n) is 10.8. The van der Waals surface area contributed by atoms with E-state index in [2.05, 4.69) is 31.4 Å². The number of carbonyl (C=O) groups excluding carboxylic acids is 3. The Balaban J connectivity index is 3.04. The van der Waals surface area contributed by atoms with Crippen molar-refractivity contribution in [1.82, 2.24) is 5.32 Å². The van der Waals surface area contributed by atoms with Crippen LogP contribution in [0, 0.1) is 5.41 Å². The molecule has 0 aliphatic carbocycles. The van der Waals surface area contributed by atoms with Gasteiger partial charge >= 0.3 is 0 Å². The van der Waals surface area contributed by atoms with E-state index in [4.69, 9.17) is 0 Å². The Kier molecular flexibility index (Phi) is 17.6. The summed E-state index contributed by atoms with van der Waals surface area (Å²) in [6, 6.07) is 8.63. The van der Waals surface area contributed by atoms with Gasteiger partial charge in [0.2, 0.25) is 12.1 Å². The highest BCUT2D eigenvalue weighted by molar-refractivity contribution is 6.11. The fourth-order valence-corrected chi connectivity index (χ4v) is 5.13. The Bertz CT molecular complexity index is 789. The molecule has 0 heterocycles. The van der Waals surface area contributed by atoms with Gasteiger partial charge in [0, 0.05) is 23.6 Å². The van der Waals surface area contributed by atoms with E-state index in [9.17, 15) is 14.4 Å². The van der Waals surface area contributed by atoms with Crippen molar-refractivity contribution in [3.8, 4) is 0 Å². The van der Waals surface area contributed by atoms with Crippen molar-refractivity contribution < 1.29 is 18.8 Å². The van der Waals surface area contributed by atoms with Crippen LogP contribution in [-0.2, 0) is 14.4 Å². The van der Waals surface area contributed by atoms with Gasteiger partial charge in [-0.2, -0.15) is 0 Å².